The van der Waals surface area contributed by atoms with Crippen LogP contribution in [0.1, 0.15) is 32.3 Å². The van der Waals surface area contributed by atoms with E-state index in [1.807, 2.05) is 17.0 Å². The van der Waals surface area contributed by atoms with E-state index >= 15 is 0 Å². The Hall–Kier alpha value is -2.04. The first kappa shape index (κ1) is 15.8. The fourth-order valence-corrected chi connectivity index (χ4v) is 3.55. The molecule has 1 aromatic carbocycles. The number of ether oxygens (including phenoxy) is 1. The second-order valence-corrected chi connectivity index (χ2v) is 6.90. The SMILES string of the molecule is C[C@H]1C[C@H](C)CN(C(=O)COc2ccc3c(c2)CCC(=O)N3)C1. The lowest BCUT2D eigenvalue weighted by Gasteiger charge is -2.34. The Labute approximate surface area is 137 Å². The monoisotopic (exact) mass is 316 g/mol. The third kappa shape index (κ3) is 3.84. The molecule has 0 bridgehead atoms. The summed E-state index contributed by atoms with van der Waals surface area (Å²) in [4.78, 5) is 25.6. The number of likely N-dealkylation sites (tertiary alicyclic amines) is 1. The number of aryl methyl sites for hydroxylation is 1. The zero-order valence-electron chi connectivity index (χ0n) is 13.8. The van der Waals surface area contributed by atoms with Gasteiger partial charge in [-0.1, -0.05) is 13.8 Å². The van der Waals surface area contributed by atoms with E-state index in [-0.39, 0.29) is 18.4 Å². The van der Waals surface area contributed by atoms with Gasteiger partial charge in [-0.25, -0.2) is 0 Å². The highest BCUT2D eigenvalue weighted by atomic mass is 16.5. The molecule has 2 amide bonds. The van der Waals surface area contributed by atoms with E-state index in [0.29, 0.717) is 30.4 Å². The molecule has 124 valence electrons. The van der Waals surface area contributed by atoms with E-state index in [4.69, 9.17) is 4.74 Å². The van der Waals surface area contributed by atoms with Gasteiger partial charge in [0.25, 0.3) is 5.91 Å². The van der Waals surface area contributed by atoms with Crippen LogP contribution < -0.4 is 10.1 Å². The number of rotatable bonds is 3. The van der Waals surface area contributed by atoms with E-state index in [1.54, 1.807) is 6.07 Å². The molecule has 1 N–H and O–H groups in total. The number of carbonyl (C=O) groups excluding carboxylic acids is 2. The van der Waals surface area contributed by atoms with Crippen LogP contribution in [-0.4, -0.2) is 36.4 Å². The maximum atomic E-state index is 12.3. The molecule has 3 rings (SSSR count). The zero-order valence-corrected chi connectivity index (χ0v) is 13.8. The molecule has 0 aliphatic carbocycles. The van der Waals surface area contributed by atoms with Crippen molar-refractivity contribution in [2.75, 3.05) is 25.0 Å². The first-order chi connectivity index (χ1) is 11.0. The summed E-state index contributed by atoms with van der Waals surface area (Å²) in [5, 5.41) is 2.84. The molecule has 1 fully saturated rings. The van der Waals surface area contributed by atoms with Gasteiger partial charge in [0.2, 0.25) is 5.91 Å². The lowest BCUT2D eigenvalue weighted by atomic mass is 9.92. The number of benzene rings is 1. The van der Waals surface area contributed by atoms with Crippen LogP contribution in [0.4, 0.5) is 5.69 Å². The van der Waals surface area contributed by atoms with E-state index < -0.39 is 0 Å². The van der Waals surface area contributed by atoms with Crippen molar-refractivity contribution in [3.63, 3.8) is 0 Å². The van der Waals surface area contributed by atoms with E-state index in [1.165, 1.54) is 6.42 Å². The van der Waals surface area contributed by atoms with Gasteiger partial charge in [-0.15, -0.1) is 0 Å². The highest BCUT2D eigenvalue weighted by Crippen LogP contribution is 2.27. The quantitative estimate of drug-likeness (QED) is 0.932. The number of hydrogen-bond acceptors (Lipinski definition) is 3. The second kappa shape index (κ2) is 6.60. The van der Waals surface area contributed by atoms with Crippen LogP contribution >= 0.6 is 0 Å². The van der Waals surface area contributed by atoms with E-state index in [0.717, 1.165) is 24.3 Å². The number of fused-ring (bicyclic) bond motifs is 1. The lowest BCUT2D eigenvalue weighted by molar-refractivity contribution is -0.136. The number of amides is 2. The molecule has 1 saturated heterocycles. The van der Waals surface area contributed by atoms with Gasteiger partial charge in [0.15, 0.2) is 6.61 Å². The number of carbonyl (C=O) groups is 2. The Morgan fingerprint density at radius 3 is 2.74 bits per heavy atom. The third-order valence-electron chi connectivity index (χ3n) is 4.56. The molecule has 5 heteroatoms. The van der Waals surface area contributed by atoms with Gasteiger partial charge in [0, 0.05) is 25.2 Å². The predicted molar refractivity (Wildman–Crippen MR) is 88.4 cm³/mol. The molecule has 0 aromatic heterocycles. The summed E-state index contributed by atoms with van der Waals surface area (Å²) in [7, 11) is 0. The summed E-state index contributed by atoms with van der Waals surface area (Å²) in [6, 6.07) is 5.57. The number of hydrogen-bond donors (Lipinski definition) is 1. The van der Waals surface area contributed by atoms with Gasteiger partial charge in [0.05, 0.1) is 0 Å². The average molecular weight is 316 g/mol. The van der Waals surface area contributed by atoms with Crippen LogP contribution in [0.3, 0.4) is 0 Å². The number of nitrogens with zero attached hydrogens (tertiary/aromatic N) is 1. The topological polar surface area (TPSA) is 58.6 Å². The summed E-state index contributed by atoms with van der Waals surface area (Å²) < 4.78 is 5.68. The molecule has 0 radical (unpaired) electrons. The standard InChI is InChI=1S/C18H24N2O3/c1-12-7-13(2)10-20(9-12)18(22)11-23-15-4-5-16-14(8-15)3-6-17(21)19-16/h4-5,8,12-13H,3,6-7,9-11H2,1-2H3,(H,19,21)/t12-,13-/m0/s1. The fraction of sp³-hybridized carbons (Fsp3) is 0.556. The molecule has 0 saturated carbocycles. The maximum Gasteiger partial charge on any atom is 0.260 e. The van der Waals surface area contributed by atoms with Crippen LogP contribution in [-0.2, 0) is 16.0 Å². The number of nitrogens with one attached hydrogen (secondary N) is 1. The van der Waals surface area contributed by atoms with Crippen molar-refractivity contribution < 1.29 is 14.3 Å². The minimum Gasteiger partial charge on any atom is -0.484 e. The van der Waals surface area contributed by atoms with Gasteiger partial charge < -0.3 is 15.0 Å². The van der Waals surface area contributed by atoms with Gasteiger partial charge in [0.1, 0.15) is 5.75 Å². The Morgan fingerprint density at radius 2 is 2.00 bits per heavy atom. The second-order valence-electron chi connectivity index (χ2n) is 6.90. The van der Waals surface area contributed by atoms with Crippen LogP contribution in [0.15, 0.2) is 18.2 Å². The molecule has 2 aliphatic rings. The zero-order chi connectivity index (χ0) is 16.4. The molecule has 0 spiro atoms. The minimum absolute atomic E-state index is 0.0504. The molecule has 1 aromatic rings. The number of piperidine rings is 1. The van der Waals surface area contributed by atoms with Gasteiger partial charge in [-0.2, -0.15) is 0 Å². The van der Waals surface area contributed by atoms with Crippen molar-refractivity contribution in [1.82, 2.24) is 4.90 Å². The molecule has 5 nitrogen and oxygen atoms in total. The largest absolute Gasteiger partial charge is 0.484 e. The number of anilines is 1. The maximum absolute atomic E-state index is 12.3. The van der Waals surface area contributed by atoms with Crippen molar-refractivity contribution in [2.45, 2.75) is 33.1 Å². The molecular formula is C18H24N2O3. The Bertz CT molecular complexity index is 604. The lowest BCUT2D eigenvalue weighted by Crippen LogP contribution is -2.44. The van der Waals surface area contributed by atoms with Gasteiger partial charge >= 0.3 is 0 Å². The van der Waals surface area contributed by atoms with Crippen molar-refractivity contribution in [1.29, 1.82) is 0 Å². The molecule has 0 unspecified atom stereocenters. The Balaban J connectivity index is 1.58. The average Bonchev–Trinajstić information content (AvgIpc) is 2.51. The first-order valence-electron chi connectivity index (χ1n) is 8.34. The fourth-order valence-electron chi connectivity index (χ4n) is 3.55. The highest BCUT2D eigenvalue weighted by Gasteiger charge is 2.25. The summed E-state index contributed by atoms with van der Waals surface area (Å²) in [5.74, 6) is 1.89. The summed E-state index contributed by atoms with van der Waals surface area (Å²) in [5.41, 5.74) is 1.91. The summed E-state index contributed by atoms with van der Waals surface area (Å²) in [6.07, 6.45) is 2.40. The summed E-state index contributed by atoms with van der Waals surface area (Å²) in [6.45, 7) is 6.10. The molecule has 2 heterocycles. The molecule has 2 atom stereocenters. The van der Waals surface area contributed by atoms with E-state index in [9.17, 15) is 9.59 Å². The van der Waals surface area contributed by atoms with Crippen molar-refractivity contribution in [3.05, 3.63) is 23.8 Å². The Kier molecular flexibility index (Phi) is 4.55. The smallest absolute Gasteiger partial charge is 0.260 e. The van der Waals surface area contributed by atoms with Gasteiger partial charge in [-0.05, 0) is 48.4 Å². The summed E-state index contributed by atoms with van der Waals surface area (Å²) >= 11 is 0. The first-order valence-corrected chi connectivity index (χ1v) is 8.34. The normalized spacial score (nSPS) is 23.9. The van der Waals surface area contributed by atoms with Crippen LogP contribution in [0.2, 0.25) is 0 Å². The Morgan fingerprint density at radius 1 is 1.26 bits per heavy atom. The minimum atomic E-state index is 0.0504. The van der Waals surface area contributed by atoms with Crippen molar-refractivity contribution >= 4 is 17.5 Å². The van der Waals surface area contributed by atoms with E-state index in [2.05, 4.69) is 19.2 Å². The predicted octanol–water partition coefficient (Wildman–Crippen LogP) is 2.45. The van der Waals surface area contributed by atoms with Crippen molar-refractivity contribution in [2.24, 2.45) is 11.8 Å². The van der Waals surface area contributed by atoms with Crippen LogP contribution in [0.25, 0.3) is 0 Å². The molecule has 2 aliphatic heterocycles. The van der Waals surface area contributed by atoms with Gasteiger partial charge in [-0.3, -0.25) is 9.59 Å². The molecule has 23 heavy (non-hydrogen) atoms. The van der Waals surface area contributed by atoms with Crippen LogP contribution in [0.5, 0.6) is 5.75 Å². The molecular weight excluding hydrogens is 292 g/mol. The highest BCUT2D eigenvalue weighted by molar-refractivity contribution is 5.94. The van der Waals surface area contributed by atoms with Crippen molar-refractivity contribution in [3.8, 4) is 5.75 Å². The van der Waals surface area contributed by atoms with Crippen LogP contribution in [0, 0.1) is 11.8 Å². The third-order valence-corrected chi connectivity index (χ3v) is 4.56.